The molecule has 0 bridgehead atoms. The van der Waals surface area contributed by atoms with E-state index in [0.29, 0.717) is 38.3 Å². The van der Waals surface area contributed by atoms with Crippen molar-refractivity contribution >= 4 is 10.0 Å². The monoisotopic (exact) mass is 361 g/mol. The van der Waals surface area contributed by atoms with Crippen molar-refractivity contribution in [3.05, 3.63) is 59.7 Å². The second kappa shape index (κ2) is 7.56. The number of rotatable bonds is 5. The average molecular weight is 361 g/mol. The van der Waals surface area contributed by atoms with E-state index in [-0.39, 0.29) is 4.90 Å². The molecular formula is C19H23NO4S. The zero-order valence-corrected chi connectivity index (χ0v) is 15.1. The second-order valence-electron chi connectivity index (χ2n) is 6.32. The molecule has 1 saturated heterocycles. The molecule has 1 aliphatic rings. The summed E-state index contributed by atoms with van der Waals surface area (Å²) in [6, 6.07) is 14.5. The van der Waals surface area contributed by atoms with Crippen LogP contribution in [0.25, 0.3) is 0 Å². The van der Waals surface area contributed by atoms with Crippen LogP contribution in [-0.4, -0.2) is 37.0 Å². The topological polar surface area (TPSA) is 66.8 Å². The van der Waals surface area contributed by atoms with Gasteiger partial charge < -0.3 is 9.84 Å². The van der Waals surface area contributed by atoms with E-state index in [0.717, 1.165) is 11.1 Å². The second-order valence-corrected chi connectivity index (χ2v) is 8.26. The highest BCUT2D eigenvalue weighted by atomic mass is 32.2. The SMILES string of the molecule is Cc1ccccc1COc1ccc(S(=O)(=O)N2CCC(O)CC2)cc1. The third-order valence-corrected chi connectivity index (χ3v) is 6.45. The van der Waals surface area contributed by atoms with E-state index in [2.05, 4.69) is 0 Å². The van der Waals surface area contributed by atoms with Gasteiger partial charge in [-0.1, -0.05) is 24.3 Å². The molecule has 5 nitrogen and oxygen atoms in total. The smallest absolute Gasteiger partial charge is 0.243 e. The molecule has 0 atom stereocenters. The molecule has 2 aromatic rings. The first-order valence-electron chi connectivity index (χ1n) is 8.42. The van der Waals surface area contributed by atoms with Crippen LogP contribution in [0, 0.1) is 6.92 Å². The van der Waals surface area contributed by atoms with E-state index < -0.39 is 16.1 Å². The molecule has 1 heterocycles. The number of aliphatic hydroxyl groups excluding tert-OH is 1. The van der Waals surface area contributed by atoms with Crippen LogP contribution in [0.15, 0.2) is 53.4 Å². The Morgan fingerprint density at radius 1 is 1.08 bits per heavy atom. The first kappa shape index (κ1) is 17.9. The van der Waals surface area contributed by atoms with Crippen molar-refractivity contribution in [2.75, 3.05) is 13.1 Å². The minimum atomic E-state index is -3.51. The van der Waals surface area contributed by atoms with Crippen molar-refractivity contribution < 1.29 is 18.3 Å². The fraction of sp³-hybridized carbons (Fsp3) is 0.368. The Hall–Kier alpha value is -1.89. The number of benzene rings is 2. The van der Waals surface area contributed by atoms with E-state index in [1.165, 1.54) is 4.31 Å². The standard InChI is InChI=1S/C19H23NO4S/c1-15-4-2-3-5-16(15)14-24-18-6-8-19(9-7-18)25(22,23)20-12-10-17(21)11-13-20/h2-9,17,21H,10-14H2,1H3. The molecule has 1 fully saturated rings. The molecule has 6 heteroatoms. The van der Waals surface area contributed by atoms with Crippen molar-refractivity contribution in [3.8, 4) is 5.75 Å². The lowest BCUT2D eigenvalue weighted by molar-refractivity contribution is 0.113. The Labute approximate surface area is 148 Å². The number of nitrogens with zero attached hydrogens (tertiary/aromatic N) is 1. The van der Waals surface area contributed by atoms with E-state index >= 15 is 0 Å². The summed E-state index contributed by atoms with van der Waals surface area (Å²) in [6.07, 6.45) is 0.567. The van der Waals surface area contributed by atoms with Gasteiger partial charge in [-0.25, -0.2) is 8.42 Å². The lowest BCUT2D eigenvalue weighted by Crippen LogP contribution is -2.39. The molecule has 0 spiro atoms. The predicted octanol–water partition coefficient (Wildman–Crippen LogP) is 2.72. The van der Waals surface area contributed by atoms with Crippen molar-refractivity contribution in [2.24, 2.45) is 0 Å². The molecular weight excluding hydrogens is 338 g/mol. The molecule has 0 amide bonds. The van der Waals surface area contributed by atoms with Gasteiger partial charge in [-0.2, -0.15) is 4.31 Å². The van der Waals surface area contributed by atoms with Gasteiger partial charge in [0.2, 0.25) is 10.0 Å². The van der Waals surface area contributed by atoms with Crippen LogP contribution in [0.2, 0.25) is 0 Å². The third kappa shape index (κ3) is 4.21. The molecule has 1 N–H and O–H groups in total. The van der Waals surface area contributed by atoms with E-state index in [4.69, 9.17) is 4.74 Å². The minimum absolute atomic E-state index is 0.257. The maximum absolute atomic E-state index is 12.6. The van der Waals surface area contributed by atoms with Crippen molar-refractivity contribution in [1.29, 1.82) is 0 Å². The normalized spacial score (nSPS) is 16.7. The van der Waals surface area contributed by atoms with Gasteiger partial charge >= 0.3 is 0 Å². The molecule has 0 unspecified atom stereocenters. The average Bonchev–Trinajstić information content (AvgIpc) is 2.62. The summed E-state index contributed by atoms with van der Waals surface area (Å²) in [5, 5.41) is 9.53. The fourth-order valence-electron chi connectivity index (χ4n) is 2.87. The molecule has 134 valence electrons. The summed E-state index contributed by atoms with van der Waals surface area (Å²) in [5.74, 6) is 0.635. The lowest BCUT2D eigenvalue weighted by Gasteiger charge is -2.28. The molecule has 0 aliphatic carbocycles. The van der Waals surface area contributed by atoms with E-state index in [1.807, 2.05) is 31.2 Å². The number of sulfonamides is 1. The van der Waals surface area contributed by atoms with Crippen molar-refractivity contribution in [2.45, 2.75) is 37.4 Å². The maximum Gasteiger partial charge on any atom is 0.243 e. The zero-order valence-electron chi connectivity index (χ0n) is 14.3. The minimum Gasteiger partial charge on any atom is -0.489 e. The van der Waals surface area contributed by atoms with Crippen LogP contribution in [0.5, 0.6) is 5.75 Å². The first-order valence-corrected chi connectivity index (χ1v) is 9.86. The molecule has 25 heavy (non-hydrogen) atoms. The number of aryl methyl sites for hydroxylation is 1. The summed E-state index contributed by atoms with van der Waals surface area (Å²) in [6.45, 7) is 3.19. The molecule has 0 aromatic heterocycles. The Bertz CT molecular complexity index is 810. The predicted molar refractivity (Wildman–Crippen MR) is 96.0 cm³/mol. The van der Waals surface area contributed by atoms with Gasteiger partial charge in [0.05, 0.1) is 11.0 Å². The van der Waals surface area contributed by atoms with Gasteiger partial charge in [0, 0.05) is 13.1 Å². The number of aliphatic hydroxyl groups is 1. The lowest BCUT2D eigenvalue weighted by atomic mass is 10.1. The van der Waals surface area contributed by atoms with Crippen LogP contribution in [-0.2, 0) is 16.6 Å². The molecule has 1 aliphatic heterocycles. The third-order valence-electron chi connectivity index (χ3n) is 4.54. The molecule has 2 aromatic carbocycles. The van der Waals surface area contributed by atoms with Gasteiger partial charge in [0.15, 0.2) is 0 Å². The Balaban J connectivity index is 1.66. The van der Waals surface area contributed by atoms with E-state index in [1.54, 1.807) is 24.3 Å². The van der Waals surface area contributed by atoms with Crippen molar-refractivity contribution in [3.63, 3.8) is 0 Å². The Morgan fingerprint density at radius 3 is 2.36 bits per heavy atom. The van der Waals surface area contributed by atoms with Gasteiger partial charge in [-0.15, -0.1) is 0 Å². The largest absolute Gasteiger partial charge is 0.489 e. The van der Waals surface area contributed by atoms with Gasteiger partial charge in [0.25, 0.3) is 0 Å². The number of ether oxygens (including phenoxy) is 1. The van der Waals surface area contributed by atoms with Crippen LogP contribution < -0.4 is 4.74 Å². The molecule has 0 saturated carbocycles. The summed E-state index contributed by atoms with van der Waals surface area (Å²) in [4.78, 5) is 0.257. The molecule has 0 radical (unpaired) electrons. The first-order chi connectivity index (χ1) is 12.0. The molecule has 3 rings (SSSR count). The van der Waals surface area contributed by atoms with Crippen LogP contribution in [0.1, 0.15) is 24.0 Å². The summed E-state index contributed by atoms with van der Waals surface area (Å²) >= 11 is 0. The number of piperidine rings is 1. The summed E-state index contributed by atoms with van der Waals surface area (Å²) < 4.78 is 32.5. The summed E-state index contributed by atoms with van der Waals surface area (Å²) in [5.41, 5.74) is 2.26. The maximum atomic E-state index is 12.6. The fourth-order valence-corrected chi connectivity index (χ4v) is 4.34. The number of hydrogen-bond donors (Lipinski definition) is 1. The summed E-state index contributed by atoms with van der Waals surface area (Å²) in [7, 11) is -3.51. The van der Waals surface area contributed by atoms with Gasteiger partial charge in [0.1, 0.15) is 12.4 Å². The quantitative estimate of drug-likeness (QED) is 0.889. The van der Waals surface area contributed by atoms with Crippen LogP contribution in [0.3, 0.4) is 0 Å². The van der Waals surface area contributed by atoms with E-state index in [9.17, 15) is 13.5 Å². The zero-order chi connectivity index (χ0) is 17.9. The Morgan fingerprint density at radius 2 is 1.72 bits per heavy atom. The highest BCUT2D eigenvalue weighted by molar-refractivity contribution is 7.89. The van der Waals surface area contributed by atoms with Crippen LogP contribution >= 0.6 is 0 Å². The van der Waals surface area contributed by atoms with Gasteiger partial charge in [-0.3, -0.25) is 0 Å². The number of hydrogen-bond acceptors (Lipinski definition) is 4. The Kier molecular flexibility index (Phi) is 5.42. The van der Waals surface area contributed by atoms with Crippen molar-refractivity contribution in [1.82, 2.24) is 4.31 Å². The highest BCUT2D eigenvalue weighted by Gasteiger charge is 2.28. The highest BCUT2D eigenvalue weighted by Crippen LogP contribution is 2.23. The van der Waals surface area contributed by atoms with Crippen LogP contribution in [0.4, 0.5) is 0 Å². The van der Waals surface area contributed by atoms with Gasteiger partial charge in [-0.05, 0) is 55.2 Å².